The van der Waals surface area contributed by atoms with Crippen LogP contribution in [0.1, 0.15) is 11.1 Å². The molecule has 4 aromatic carbocycles. The molecule has 0 amide bonds. The molecular formula is C33H27N2OSi+. The number of nitrogens with zero attached hydrogens (tertiary/aromatic N) is 2. The average molecular weight is 496 g/mol. The van der Waals surface area contributed by atoms with Crippen molar-refractivity contribution in [2.75, 3.05) is 0 Å². The lowest BCUT2D eigenvalue weighted by Gasteiger charge is -2.21. The molecule has 0 spiro atoms. The Hall–Kier alpha value is -4.20. The van der Waals surface area contributed by atoms with Crippen LogP contribution in [0.2, 0.25) is 13.1 Å². The van der Waals surface area contributed by atoms with Gasteiger partial charge in [-0.2, -0.15) is 0 Å². The first kappa shape index (κ1) is 22.0. The molecule has 7 rings (SSSR count). The standard InChI is InChI=1S/C33H27N2OSi/c1-19-17-25-21-11-7-9-13-27(21)36-32(25)29(20(19)2)31-24-18-26(34-3)30-23-12-8-10-14-28(23)37(5,6)33(30)22(24)15-16-35(31)4/h7-18H,1-2,4-6H3/q+1. The van der Waals surface area contributed by atoms with Crippen LogP contribution in [0.15, 0.2) is 77.3 Å². The molecular weight excluding hydrogens is 468 g/mol. The van der Waals surface area contributed by atoms with Gasteiger partial charge in [0.25, 0.3) is 0 Å². The molecule has 0 saturated heterocycles. The molecule has 3 nitrogen and oxygen atoms in total. The third-order valence-electron chi connectivity index (χ3n) is 8.46. The lowest BCUT2D eigenvalue weighted by molar-refractivity contribution is -0.659. The second-order valence-electron chi connectivity index (χ2n) is 10.8. The van der Waals surface area contributed by atoms with Crippen molar-refractivity contribution in [3.63, 3.8) is 0 Å². The van der Waals surface area contributed by atoms with Gasteiger partial charge in [0.15, 0.2) is 11.9 Å². The highest BCUT2D eigenvalue weighted by Gasteiger charge is 2.41. The minimum atomic E-state index is -2.02. The summed E-state index contributed by atoms with van der Waals surface area (Å²) in [5.74, 6) is 0. The number of furan rings is 1. The Bertz CT molecular complexity index is 2010. The zero-order valence-corrected chi connectivity index (χ0v) is 22.7. The molecule has 4 heteroatoms. The predicted molar refractivity (Wildman–Crippen MR) is 156 cm³/mol. The molecule has 0 bridgehead atoms. The summed E-state index contributed by atoms with van der Waals surface area (Å²) in [5.41, 5.74) is 9.61. The monoisotopic (exact) mass is 495 g/mol. The fraction of sp³-hybridized carbons (Fsp3) is 0.152. The molecule has 1 aliphatic rings. The maximum Gasteiger partial charge on any atom is 0.222 e. The van der Waals surface area contributed by atoms with Crippen molar-refractivity contribution >= 4 is 56.8 Å². The van der Waals surface area contributed by atoms with Gasteiger partial charge in [-0.05, 0) is 70.1 Å². The van der Waals surface area contributed by atoms with Crippen molar-refractivity contribution in [2.24, 2.45) is 7.05 Å². The zero-order chi connectivity index (χ0) is 25.6. The topological polar surface area (TPSA) is 21.4 Å². The molecule has 2 aromatic heterocycles. The fourth-order valence-corrected chi connectivity index (χ4v) is 10.0. The normalized spacial score (nSPS) is 13.7. The summed E-state index contributed by atoms with van der Waals surface area (Å²) < 4.78 is 8.76. The molecule has 178 valence electrons. The van der Waals surface area contributed by atoms with Crippen LogP contribution < -0.4 is 14.9 Å². The SMILES string of the molecule is [C-]#[N+]c1cc2c(-c3c(C)c(C)cc4c3oc3ccccc34)[n+](C)ccc2c2c1-c1ccccc1[Si]2(C)C. The van der Waals surface area contributed by atoms with Gasteiger partial charge >= 0.3 is 0 Å². The van der Waals surface area contributed by atoms with Gasteiger partial charge < -0.3 is 4.42 Å². The van der Waals surface area contributed by atoms with Gasteiger partial charge in [-0.25, -0.2) is 9.41 Å². The molecule has 0 aliphatic carbocycles. The van der Waals surface area contributed by atoms with E-state index in [9.17, 15) is 0 Å². The van der Waals surface area contributed by atoms with E-state index in [2.05, 4.69) is 104 Å². The third-order valence-corrected chi connectivity index (χ3v) is 12.0. The molecule has 0 atom stereocenters. The summed E-state index contributed by atoms with van der Waals surface area (Å²) in [6.07, 6.45) is 2.18. The van der Waals surface area contributed by atoms with E-state index in [1.165, 1.54) is 32.5 Å². The number of fused-ring (bicyclic) bond motifs is 8. The molecule has 0 N–H and O–H groups in total. The number of hydrogen-bond acceptors (Lipinski definition) is 1. The van der Waals surface area contributed by atoms with E-state index in [0.29, 0.717) is 0 Å². The van der Waals surface area contributed by atoms with Crippen LogP contribution in [0.4, 0.5) is 5.69 Å². The second-order valence-corrected chi connectivity index (χ2v) is 15.1. The van der Waals surface area contributed by atoms with Gasteiger partial charge in [-0.1, -0.05) is 55.6 Å². The Kier molecular flexibility index (Phi) is 4.41. The van der Waals surface area contributed by atoms with Gasteiger partial charge in [-0.15, -0.1) is 0 Å². The van der Waals surface area contributed by atoms with Crippen LogP contribution in [-0.4, -0.2) is 8.07 Å². The minimum Gasteiger partial charge on any atom is -0.455 e. The lowest BCUT2D eigenvalue weighted by Crippen LogP contribution is -2.49. The summed E-state index contributed by atoms with van der Waals surface area (Å²) in [6, 6.07) is 23.6. The van der Waals surface area contributed by atoms with Gasteiger partial charge in [0.2, 0.25) is 5.69 Å². The zero-order valence-electron chi connectivity index (χ0n) is 21.7. The first-order chi connectivity index (χ1) is 17.8. The van der Waals surface area contributed by atoms with Gasteiger partial charge in [0, 0.05) is 22.2 Å². The summed E-state index contributed by atoms with van der Waals surface area (Å²) in [7, 11) is 0.0888. The van der Waals surface area contributed by atoms with E-state index in [0.717, 1.165) is 49.8 Å². The van der Waals surface area contributed by atoms with Crippen LogP contribution in [0.3, 0.4) is 0 Å². The molecule has 3 heterocycles. The number of rotatable bonds is 1. The summed E-state index contributed by atoms with van der Waals surface area (Å²) in [6.45, 7) is 17.4. The average Bonchev–Trinajstić information content (AvgIpc) is 3.38. The van der Waals surface area contributed by atoms with Gasteiger partial charge in [0.1, 0.15) is 26.3 Å². The largest absolute Gasteiger partial charge is 0.455 e. The first-order valence-electron chi connectivity index (χ1n) is 12.7. The predicted octanol–water partition coefficient (Wildman–Crippen LogP) is 7.20. The highest BCUT2D eigenvalue weighted by molar-refractivity contribution is 7.05. The Balaban J connectivity index is 1.68. The second kappa shape index (κ2) is 7.41. The van der Waals surface area contributed by atoms with Gasteiger partial charge in [-0.3, -0.25) is 0 Å². The highest BCUT2D eigenvalue weighted by Crippen LogP contribution is 2.44. The number of pyridine rings is 1. The molecule has 0 saturated carbocycles. The van der Waals surface area contributed by atoms with Crippen LogP contribution >= 0.6 is 0 Å². The molecule has 0 fully saturated rings. The van der Waals surface area contributed by atoms with Crippen molar-refractivity contribution in [1.29, 1.82) is 0 Å². The van der Waals surface area contributed by atoms with Crippen molar-refractivity contribution in [3.05, 3.63) is 95.5 Å². The van der Waals surface area contributed by atoms with E-state index in [1.54, 1.807) is 0 Å². The molecule has 0 unspecified atom stereocenters. The Morgan fingerprint density at radius 2 is 1.59 bits per heavy atom. The van der Waals surface area contributed by atoms with Gasteiger partial charge in [0.05, 0.1) is 12.1 Å². The Morgan fingerprint density at radius 3 is 2.41 bits per heavy atom. The van der Waals surface area contributed by atoms with Crippen LogP contribution in [0.25, 0.3) is 59.9 Å². The van der Waals surface area contributed by atoms with Crippen molar-refractivity contribution in [3.8, 4) is 22.4 Å². The van der Waals surface area contributed by atoms with Crippen molar-refractivity contribution in [2.45, 2.75) is 26.9 Å². The number of benzene rings is 4. The molecule has 6 aromatic rings. The van der Waals surface area contributed by atoms with E-state index in [1.807, 2.05) is 12.1 Å². The Morgan fingerprint density at radius 1 is 0.838 bits per heavy atom. The number of aromatic nitrogens is 1. The van der Waals surface area contributed by atoms with Crippen LogP contribution in [0.5, 0.6) is 0 Å². The minimum absolute atomic E-state index is 0.742. The van der Waals surface area contributed by atoms with E-state index in [-0.39, 0.29) is 0 Å². The first-order valence-corrected chi connectivity index (χ1v) is 15.7. The lowest BCUT2D eigenvalue weighted by atomic mass is 9.92. The summed E-state index contributed by atoms with van der Waals surface area (Å²) >= 11 is 0. The molecule has 37 heavy (non-hydrogen) atoms. The summed E-state index contributed by atoms with van der Waals surface area (Å²) in [4.78, 5) is 4.10. The molecule has 0 radical (unpaired) electrons. The highest BCUT2D eigenvalue weighted by atomic mass is 28.3. The number of aryl methyl sites for hydroxylation is 2. The molecule has 1 aliphatic heterocycles. The van der Waals surface area contributed by atoms with Crippen molar-refractivity contribution < 1.29 is 8.98 Å². The number of para-hydroxylation sites is 1. The Labute approximate surface area is 217 Å². The van der Waals surface area contributed by atoms with Crippen LogP contribution in [-0.2, 0) is 7.05 Å². The van der Waals surface area contributed by atoms with E-state index in [4.69, 9.17) is 11.0 Å². The number of hydrogen-bond donors (Lipinski definition) is 0. The maximum absolute atomic E-state index is 8.18. The smallest absolute Gasteiger partial charge is 0.222 e. The van der Waals surface area contributed by atoms with E-state index >= 15 is 0 Å². The van der Waals surface area contributed by atoms with Crippen LogP contribution in [0, 0.1) is 20.4 Å². The quantitative estimate of drug-likeness (QED) is 0.134. The third kappa shape index (κ3) is 2.78. The summed E-state index contributed by atoms with van der Waals surface area (Å²) in [5, 5.41) is 7.46. The fourth-order valence-electron chi connectivity index (χ4n) is 6.58. The maximum atomic E-state index is 8.18. The van der Waals surface area contributed by atoms with Crippen molar-refractivity contribution in [1.82, 2.24) is 0 Å². The van der Waals surface area contributed by atoms with E-state index < -0.39 is 8.07 Å².